The van der Waals surface area contributed by atoms with Gasteiger partial charge in [-0.05, 0) is 6.92 Å². The van der Waals surface area contributed by atoms with Gasteiger partial charge in [-0.3, -0.25) is 0 Å². The van der Waals surface area contributed by atoms with E-state index in [1.165, 1.54) is 0 Å². The molecule has 1 aromatic heterocycles. The second-order valence-electron chi connectivity index (χ2n) is 4.11. The topological polar surface area (TPSA) is 39.1 Å². The Balaban J connectivity index is 1.75. The largest absolute Gasteiger partial charge is 0.372 e. The van der Waals surface area contributed by atoms with Crippen molar-refractivity contribution >= 4 is 0 Å². The Kier molecular flexibility index (Phi) is 2.56. The summed E-state index contributed by atoms with van der Waals surface area (Å²) in [6, 6.07) is 0. The molecule has 0 bridgehead atoms. The minimum absolute atomic E-state index is 0.0607. The van der Waals surface area contributed by atoms with E-state index in [4.69, 9.17) is 4.74 Å². The highest BCUT2D eigenvalue weighted by Gasteiger charge is 2.32. The maximum absolute atomic E-state index is 5.78. The van der Waals surface area contributed by atoms with Gasteiger partial charge in [0.05, 0.1) is 12.2 Å². The molecule has 1 aliphatic rings. The molecule has 1 N–H and O–H groups in total. The molecule has 0 saturated carbocycles. The number of ether oxygens (including phenoxy) is 1. The molecule has 1 aliphatic heterocycles. The molecule has 1 fully saturated rings. The third-order valence-corrected chi connectivity index (χ3v) is 2.70. The van der Waals surface area contributed by atoms with E-state index in [2.05, 4.69) is 17.2 Å². The van der Waals surface area contributed by atoms with Gasteiger partial charge in [0.2, 0.25) is 0 Å². The first-order valence-electron chi connectivity index (χ1n) is 5.00. The van der Waals surface area contributed by atoms with Gasteiger partial charge in [-0.1, -0.05) is 0 Å². The number of hydrogen-bond donors (Lipinski definition) is 1. The average Bonchev–Trinajstić information content (AvgIpc) is 2.49. The van der Waals surface area contributed by atoms with E-state index < -0.39 is 0 Å². The summed E-state index contributed by atoms with van der Waals surface area (Å²) in [4.78, 5) is 4.25. The highest BCUT2D eigenvalue weighted by molar-refractivity contribution is 4.93. The molecule has 0 amide bonds. The number of rotatable bonds is 4. The van der Waals surface area contributed by atoms with Crippen LogP contribution in [0.4, 0.5) is 0 Å². The minimum Gasteiger partial charge on any atom is -0.372 e. The summed E-state index contributed by atoms with van der Waals surface area (Å²) in [5.41, 5.74) is 0.0607. The van der Waals surface area contributed by atoms with Gasteiger partial charge >= 0.3 is 0 Å². The average molecular weight is 195 g/mol. The maximum Gasteiger partial charge on any atom is 0.110 e. The van der Waals surface area contributed by atoms with Gasteiger partial charge in [0.1, 0.15) is 5.82 Å². The van der Waals surface area contributed by atoms with E-state index in [9.17, 15) is 0 Å². The van der Waals surface area contributed by atoms with E-state index in [-0.39, 0.29) is 5.60 Å². The monoisotopic (exact) mass is 195 g/mol. The third-order valence-electron chi connectivity index (χ3n) is 2.70. The van der Waals surface area contributed by atoms with Gasteiger partial charge in [-0.15, -0.1) is 0 Å². The van der Waals surface area contributed by atoms with Crippen LogP contribution in [0.15, 0.2) is 12.4 Å². The molecule has 1 aromatic rings. The number of nitrogens with one attached hydrogen (secondary N) is 1. The van der Waals surface area contributed by atoms with E-state index in [1.54, 1.807) is 0 Å². The lowest BCUT2D eigenvalue weighted by Gasteiger charge is -2.39. The van der Waals surface area contributed by atoms with Crippen LogP contribution in [0, 0.1) is 0 Å². The number of nitrogens with zero attached hydrogens (tertiary/aromatic N) is 2. The van der Waals surface area contributed by atoms with E-state index in [1.807, 2.05) is 24.0 Å². The number of aromatic nitrogens is 2. The fourth-order valence-corrected chi connectivity index (χ4v) is 1.61. The molecule has 0 radical (unpaired) electrons. The van der Waals surface area contributed by atoms with Crippen LogP contribution in [-0.4, -0.2) is 34.8 Å². The standard InChI is InChI=1S/C10H17N3O/c1-10(7-11-8-10)14-6-3-9-12-4-5-13(9)2/h4-5,11H,3,6-8H2,1-2H3. The van der Waals surface area contributed by atoms with Crippen molar-refractivity contribution in [3.8, 4) is 0 Å². The summed E-state index contributed by atoms with van der Waals surface area (Å²) in [6.45, 7) is 4.83. The third kappa shape index (κ3) is 1.96. The lowest BCUT2D eigenvalue weighted by atomic mass is 10.0. The van der Waals surface area contributed by atoms with Crippen molar-refractivity contribution in [2.45, 2.75) is 18.9 Å². The summed E-state index contributed by atoms with van der Waals surface area (Å²) in [5.74, 6) is 1.08. The summed E-state index contributed by atoms with van der Waals surface area (Å²) in [5, 5.41) is 3.21. The van der Waals surface area contributed by atoms with Crippen molar-refractivity contribution in [3.05, 3.63) is 18.2 Å². The van der Waals surface area contributed by atoms with E-state index >= 15 is 0 Å². The van der Waals surface area contributed by atoms with Crippen LogP contribution in [0.3, 0.4) is 0 Å². The summed E-state index contributed by atoms with van der Waals surface area (Å²) in [7, 11) is 2.01. The van der Waals surface area contributed by atoms with Crippen molar-refractivity contribution in [2.24, 2.45) is 7.05 Å². The van der Waals surface area contributed by atoms with Crippen LogP contribution in [-0.2, 0) is 18.2 Å². The Morgan fingerprint density at radius 1 is 1.64 bits per heavy atom. The predicted molar refractivity (Wildman–Crippen MR) is 54.1 cm³/mol. The quantitative estimate of drug-likeness (QED) is 0.753. The first kappa shape index (κ1) is 9.68. The van der Waals surface area contributed by atoms with Gasteiger partial charge in [0.25, 0.3) is 0 Å². The van der Waals surface area contributed by atoms with Crippen molar-refractivity contribution in [1.29, 1.82) is 0 Å². The second-order valence-corrected chi connectivity index (χ2v) is 4.11. The number of aryl methyl sites for hydroxylation is 1. The Morgan fingerprint density at radius 2 is 2.43 bits per heavy atom. The van der Waals surface area contributed by atoms with Crippen molar-refractivity contribution in [3.63, 3.8) is 0 Å². The maximum atomic E-state index is 5.78. The highest BCUT2D eigenvalue weighted by atomic mass is 16.5. The Hall–Kier alpha value is -0.870. The van der Waals surface area contributed by atoms with Crippen molar-refractivity contribution in [2.75, 3.05) is 19.7 Å². The van der Waals surface area contributed by atoms with Gasteiger partial charge in [0, 0.05) is 39.0 Å². The predicted octanol–water partition coefficient (Wildman–Crippen LogP) is 0.341. The summed E-state index contributed by atoms with van der Waals surface area (Å²) >= 11 is 0. The normalized spacial score (nSPS) is 19.3. The highest BCUT2D eigenvalue weighted by Crippen LogP contribution is 2.15. The van der Waals surface area contributed by atoms with Gasteiger partial charge in [-0.25, -0.2) is 4.98 Å². The first-order valence-corrected chi connectivity index (χ1v) is 5.00. The molecule has 0 aliphatic carbocycles. The minimum atomic E-state index is 0.0607. The fraction of sp³-hybridized carbons (Fsp3) is 0.700. The molecule has 0 atom stereocenters. The van der Waals surface area contributed by atoms with Crippen LogP contribution in [0.5, 0.6) is 0 Å². The molecule has 4 nitrogen and oxygen atoms in total. The summed E-state index contributed by atoms with van der Waals surface area (Å²) < 4.78 is 7.81. The van der Waals surface area contributed by atoms with Crippen molar-refractivity contribution in [1.82, 2.24) is 14.9 Å². The van der Waals surface area contributed by atoms with Gasteiger partial charge in [0.15, 0.2) is 0 Å². The number of hydrogen-bond acceptors (Lipinski definition) is 3. The molecule has 1 saturated heterocycles. The molecule has 0 unspecified atom stereocenters. The SMILES string of the molecule is Cn1ccnc1CCOC1(C)CNC1. The fourth-order valence-electron chi connectivity index (χ4n) is 1.61. The second kappa shape index (κ2) is 3.71. The smallest absolute Gasteiger partial charge is 0.110 e. The Morgan fingerprint density at radius 3 is 2.93 bits per heavy atom. The molecular weight excluding hydrogens is 178 g/mol. The Labute approximate surface area is 84.3 Å². The lowest BCUT2D eigenvalue weighted by Crippen LogP contribution is -2.59. The van der Waals surface area contributed by atoms with Crippen LogP contribution in [0.25, 0.3) is 0 Å². The molecule has 78 valence electrons. The molecule has 14 heavy (non-hydrogen) atoms. The van der Waals surface area contributed by atoms with Crippen LogP contribution >= 0.6 is 0 Å². The molecule has 2 rings (SSSR count). The molecular formula is C10H17N3O. The molecule has 4 heteroatoms. The Bertz CT molecular complexity index is 304. The van der Waals surface area contributed by atoms with Crippen molar-refractivity contribution < 1.29 is 4.74 Å². The van der Waals surface area contributed by atoms with E-state index in [0.717, 1.165) is 31.9 Å². The van der Waals surface area contributed by atoms with Gasteiger partial charge in [-0.2, -0.15) is 0 Å². The first-order chi connectivity index (χ1) is 6.70. The zero-order chi connectivity index (χ0) is 10.0. The zero-order valence-electron chi connectivity index (χ0n) is 8.79. The molecule has 0 spiro atoms. The lowest BCUT2D eigenvalue weighted by molar-refractivity contribution is -0.0657. The number of imidazole rings is 1. The van der Waals surface area contributed by atoms with E-state index in [0.29, 0.717) is 0 Å². The molecule has 0 aromatic carbocycles. The zero-order valence-corrected chi connectivity index (χ0v) is 8.79. The van der Waals surface area contributed by atoms with Gasteiger partial charge < -0.3 is 14.6 Å². The summed E-state index contributed by atoms with van der Waals surface area (Å²) in [6.07, 6.45) is 4.67. The molecule has 2 heterocycles. The van der Waals surface area contributed by atoms with Crippen LogP contribution in [0.1, 0.15) is 12.7 Å². The van der Waals surface area contributed by atoms with Crippen LogP contribution < -0.4 is 5.32 Å². The van der Waals surface area contributed by atoms with Crippen LogP contribution in [0.2, 0.25) is 0 Å².